The van der Waals surface area contributed by atoms with Crippen LogP contribution in [0.2, 0.25) is 0 Å². The molecule has 17 heavy (non-hydrogen) atoms. The molecule has 0 heterocycles. The number of hydrogen-bond acceptors (Lipinski definition) is 1. The van der Waals surface area contributed by atoms with Gasteiger partial charge in [0.1, 0.15) is 0 Å². The minimum absolute atomic E-state index is 0.280. The molecule has 0 saturated heterocycles. The first-order valence-electron chi connectivity index (χ1n) is 6.29. The molecule has 0 radical (unpaired) electrons. The SMILES string of the molecule is CC1CCC(C(N)c2cccc(F)c2F)CC1. The van der Waals surface area contributed by atoms with Crippen LogP contribution in [0.25, 0.3) is 0 Å². The van der Waals surface area contributed by atoms with E-state index in [2.05, 4.69) is 6.92 Å². The van der Waals surface area contributed by atoms with Gasteiger partial charge < -0.3 is 5.73 Å². The minimum atomic E-state index is -0.804. The molecule has 0 amide bonds. The van der Waals surface area contributed by atoms with Crippen molar-refractivity contribution in [2.75, 3.05) is 0 Å². The van der Waals surface area contributed by atoms with E-state index >= 15 is 0 Å². The summed E-state index contributed by atoms with van der Waals surface area (Å²) in [6.45, 7) is 2.23. The van der Waals surface area contributed by atoms with E-state index in [1.165, 1.54) is 6.07 Å². The van der Waals surface area contributed by atoms with E-state index in [1.54, 1.807) is 6.07 Å². The number of benzene rings is 1. The first kappa shape index (κ1) is 12.5. The van der Waals surface area contributed by atoms with Gasteiger partial charge in [-0.15, -0.1) is 0 Å². The molecule has 1 aliphatic rings. The zero-order valence-electron chi connectivity index (χ0n) is 10.1. The van der Waals surface area contributed by atoms with Crippen LogP contribution in [0.5, 0.6) is 0 Å². The molecule has 1 unspecified atom stereocenters. The molecule has 0 aliphatic heterocycles. The van der Waals surface area contributed by atoms with Gasteiger partial charge in [0.25, 0.3) is 0 Å². The molecule has 2 N–H and O–H groups in total. The summed E-state index contributed by atoms with van der Waals surface area (Å²) in [5.41, 5.74) is 6.40. The van der Waals surface area contributed by atoms with Gasteiger partial charge in [0.15, 0.2) is 11.6 Å². The molecule has 0 bridgehead atoms. The third-order valence-corrected chi connectivity index (χ3v) is 3.91. The molecule has 3 heteroatoms. The Bertz CT molecular complexity index is 384. The van der Waals surface area contributed by atoms with Crippen molar-refractivity contribution >= 4 is 0 Å². The number of rotatable bonds is 2. The molecule has 1 nitrogen and oxygen atoms in total. The lowest BCUT2D eigenvalue weighted by atomic mass is 9.77. The van der Waals surface area contributed by atoms with Crippen LogP contribution in [-0.4, -0.2) is 0 Å². The quantitative estimate of drug-likeness (QED) is 0.834. The Kier molecular flexibility index (Phi) is 3.77. The molecule has 1 atom stereocenters. The van der Waals surface area contributed by atoms with Gasteiger partial charge in [0.05, 0.1) is 0 Å². The van der Waals surface area contributed by atoms with Crippen molar-refractivity contribution in [3.05, 3.63) is 35.4 Å². The van der Waals surface area contributed by atoms with Crippen LogP contribution in [0, 0.1) is 23.5 Å². The third kappa shape index (κ3) is 2.65. The molecule has 1 aromatic rings. The second kappa shape index (κ2) is 5.13. The summed E-state index contributed by atoms with van der Waals surface area (Å²) in [5.74, 6) is -0.570. The Labute approximate surface area is 101 Å². The first-order chi connectivity index (χ1) is 8.09. The first-order valence-corrected chi connectivity index (χ1v) is 6.29. The molecule has 94 valence electrons. The predicted octanol–water partition coefficient (Wildman–Crippen LogP) is 3.79. The molecule has 1 aromatic carbocycles. The van der Waals surface area contributed by atoms with Gasteiger partial charge in [-0.05, 0) is 30.7 Å². The number of hydrogen-bond donors (Lipinski definition) is 1. The van der Waals surface area contributed by atoms with Gasteiger partial charge in [-0.2, -0.15) is 0 Å². The minimum Gasteiger partial charge on any atom is -0.324 e. The maximum Gasteiger partial charge on any atom is 0.163 e. The average Bonchev–Trinajstić information content (AvgIpc) is 2.33. The summed E-state index contributed by atoms with van der Waals surface area (Å²) in [7, 11) is 0. The fraction of sp³-hybridized carbons (Fsp3) is 0.571. The molecule has 0 aromatic heterocycles. The monoisotopic (exact) mass is 239 g/mol. The van der Waals surface area contributed by atoms with E-state index in [0.29, 0.717) is 5.56 Å². The Morgan fingerprint density at radius 1 is 1.18 bits per heavy atom. The zero-order valence-corrected chi connectivity index (χ0v) is 10.1. The second-order valence-electron chi connectivity index (χ2n) is 5.19. The standard InChI is InChI=1S/C14H19F2N/c1-9-5-7-10(8-6-9)14(17)11-3-2-4-12(15)13(11)16/h2-4,9-10,14H,5-8,17H2,1H3. The highest BCUT2D eigenvalue weighted by molar-refractivity contribution is 5.23. The van der Waals surface area contributed by atoms with Crippen molar-refractivity contribution in [2.24, 2.45) is 17.6 Å². The van der Waals surface area contributed by atoms with Crippen LogP contribution in [-0.2, 0) is 0 Å². The average molecular weight is 239 g/mol. The zero-order chi connectivity index (χ0) is 12.4. The third-order valence-electron chi connectivity index (χ3n) is 3.91. The molecular weight excluding hydrogens is 220 g/mol. The van der Waals surface area contributed by atoms with Gasteiger partial charge >= 0.3 is 0 Å². The molecule has 1 saturated carbocycles. The van der Waals surface area contributed by atoms with Gasteiger partial charge in [0, 0.05) is 11.6 Å². The maximum absolute atomic E-state index is 13.6. The summed E-state index contributed by atoms with van der Waals surface area (Å²) in [4.78, 5) is 0. The lowest BCUT2D eigenvalue weighted by molar-refractivity contribution is 0.252. The Morgan fingerprint density at radius 3 is 2.47 bits per heavy atom. The molecule has 1 fully saturated rings. The highest BCUT2D eigenvalue weighted by Gasteiger charge is 2.26. The van der Waals surface area contributed by atoms with E-state index in [9.17, 15) is 8.78 Å². The van der Waals surface area contributed by atoms with Crippen LogP contribution < -0.4 is 5.73 Å². The Balaban J connectivity index is 2.14. The largest absolute Gasteiger partial charge is 0.324 e. The lowest BCUT2D eigenvalue weighted by Crippen LogP contribution is -2.26. The van der Waals surface area contributed by atoms with Crippen molar-refractivity contribution in [1.29, 1.82) is 0 Å². The predicted molar refractivity (Wildman–Crippen MR) is 64.4 cm³/mol. The van der Waals surface area contributed by atoms with Crippen LogP contribution in [0.3, 0.4) is 0 Å². The number of halogens is 2. The summed E-state index contributed by atoms with van der Waals surface area (Å²) in [6, 6.07) is 3.88. The Hall–Kier alpha value is -0.960. The van der Waals surface area contributed by atoms with Crippen molar-refractivity contribution in [2.45, 2.75) is 38.6 Å². The molecule has 0 spiro atoms. The second-order valence-corrected chi connectivity index (χ2v) is 5.19. The maximum atomic E-state index is 13.6. The molecular formula is C14H19F2N. The van der Waals surface area contributed by atoms with Crippen molar-refractivity contribution in [1.82, 2.24) is 0 Å². The smallest absolute Gasteiger partial charge is 0.163 e. The van der Waals surface area contributed by atoms with E-state index in [1.807, 2.05) is 0 Å². The van der Waals surface area contributed by atoms with Gasteiger partial charge in [-0.25, -0.2) is 8.78 Å². The van der Waals surface area contributed by atoms with Crippen molar-refractivity contribution < 1.29 is 8.78 Å². The number of nitrogens with two attached hydrogens (primary N) is 1. The van der Waals surface area contributed by atoms with Crippen molar-refractivity contribution in [3.8, 4) is 0 Å². The van der Waals surface area contributed by atoms with Crippen LogP contribution in [0.4, 0.5) is 8.78 Å². The molecule has 2 rings (SSSR count). The fourth-order valence-electron chi connectivity index (χ4n) is 2.68. The van der Waals surface area contributed by atoms with E-state index in [0.717, 1.165) is 37.7 Å². The fourth-order valence-corrected chi connectivity index (χ4v) is 2.68. The normalized spacial score (nSPS) is 26.8. The van der Waals surface area contributed by atoms with Gasteiger partial charge in [0.2, 0.25) is 0 Å². The lowest BCUT2D eigenvalue weighted by Gasteiger charge is -2.31. The highest BCUT2D eigenvalue weighted by atomic mass is 19.2. The summed E-state index contributed by atoms with van der Waals surface area (Å²) in [5, 5.41) is 0. The summed E-state index contributed by atoms with van der Waals surface area (Å²) in [6.07, 6.45) is 4.29. The van der Waals surface area contributed by atoms with Crippen LogP contribution >= 0.6 is 0 Å². The summed E-state index contributed by atoms with van der Waals surface area (Å²) < 4.78 is 26.8. The van der Waals surface area contributed by atoms with E-state index in [4.69, 9.17) is 5.73 Å². The van der Waals surface area contributed by atoms with Gasteiger partial charge in [-0.1, -0.05) is 31.9 Å². The van der Waals surface area contributed by atoms with Crippen LogP contribution in [0.15, 0.2) is 18.2 Å². The van der Waals surface area contributed by atoms with E-state index in [-0.39, 0.29) is 12.0 Å². The summed E-state index contributed by atoms with van der Waals surface area (Å²) >= 11 is 0. The van der Waals surface area contributed by atoms with Gasteiger partial charge in [-0.3, -0.25) is 0 Å². The molecule has 1 aliphatic carbocycles. The highest BCUT2D eigenvalue weighted by Crippen LogP contribution is 2.36. The topological polar surface area (TPSA) is 26.0 Å². The van der Waals surface area contributed by atoms with Crippen LogP contribution in [0.1, 0.15) is 44.2 Å². The van der Waals surface area contributed by atoms with Crippen molar-refractivity contribution in [3.63, 3.8) is 0 Å². The van der Waals surface area contributed by atoms with E-state index < -0.39 is 11.6 Å². The Morgan fingerprint density at radius 2 is 1.82 bits per heavy atom.